The second kappa shape index (κ2) is 9.99. The number of hydrogen-bond donors (Lipinski definition) is 1. The minimum Gasteiger partial charge on any atom is -0.493 e. The topological polar surface area (TPSA) is 66.0 Å². The van der Waals surface area contributed by atoms with Gasteiger partial charge in [0.2, 0.25) is 0 Å². The van der Waals surface area contributed by atoms with Gasteiger partial charge in [-0.25, -0.2) is 0 Å². The van der Waals surface area contributed by atoms with E-state index in [4.69, 9.17) is 18.9 Å². The Morgan fingerprint density at radius 1 is 1.11 bits per heavy atom. The SMILES string of the molecule is COc1cc(C)ccc1OCC(=O)Nc1ccccc1OCC1CCCCO1. The van der Waals surface area contributed by atoms with Crippen LogP contribution in [0.4, 0.5) is 5.69 Å². The van der Waals surface area contributed by atoms with Gasteiger partial charge < -0.3 is 24.3 Å². The molecule has 6 heteroatoms. The highest BCUT2D eigenvalue weighted by Crippen LogP contribution is 2.28. The van der Waals surface area contributed by atoms with E-state index in [0.29, 0.717) is 29.5 Å². The first-order chi connectivity index (χ1) is 13.7. The summed E-state index contributed by atoms with van der Waals surface area (Å²) in [6.07, 6.45) is 3.37. The number of benzene rings is 2. The largest absolute Gasteiger partial charge is 0.493 e. The van der Waals surface area contributed by atoms with Crippen LogP contribution in [0.2, 0.25) is 0 Å². The minimum atomic E-state index is -0.271. The van der Waals surface area contributed by atoms with Gasteiger partial charge >= 0.3 is 0 Å². The van der Waals surface area contributed by atoms with E-state index in [9.17, 15) is 4.79 Å². The summed E-state index contributed by atoms with van der Waals surface area (Å²) in [5, 5.41) is 2.85. The van der Waals surface area contributed by atoms with E-state index in [2.05, 4.69) is 5.32 Å². The molecular weight excluding hydrogens is 358 g/mol. The average molecular weight is 385 g/mol. The Labute approximate surface area is 165 Å². The molecular formula is C22H27NO5. The maximum atomic E-state index is 12.4. The molecule has 0 radical (unpaired) electrons. The number of ether oxygens (including phenoxy) is 4. The molecule has 1 amide bonds. The molecule has 0 spiro atoms. The number of carbonyl (C=O) groups excluding carboxylic acids is 1. The van der Waals surface area contributed by atoms with E-state index < -0.39 is 0 Å². The van der Waals surface area contributed by atoms with Gasteiger partial charge in [-0.1, -0.05) is 18.2 Å². The molecule has 1 aliphatic rings. The fourth-order valence-electron chi connectivity index (χ4n) is 3.04. The summed E-state index contributed by atoms with van der Waals surface area (Å²) in [4.78, 5) is 12.4. The van der Waals surface area contributed by atoms with Crippen LogP contribution in [0.3, 0.4) is 0 Å². The molecule has 1 saturated heterocycles. The van der Waals surface area contributed by atoms with Gasteiger partial charge in [-0.3, -0.25) is 4.79 Å². The number of para-hydroxylation sites is 2. The predicted molar refractivity (Wildman–Crippen MR) is 107 cm³/mol. The molecule has 2 aromatic carbocycles. The number of carbonyl (C=O) groups is 1. The molecule has 1 aliphatic heterocycles. The molecule has 0 aromatic heterocycles. The van der Waals surface area contributed by atoms with Crippen molar-refractivity contribution in [2.45, 2.75) is 32.3 Å². The molecule has 1 atom stereocenters. The number of hydrogen-bond acceptors (Lipinski definition) is 5. The summed E-state index contributed by atoms with van der Waals surface area (Å²) >= 11 is 0. The Bertz CT molecular complexity index is 786. The van der Waals surface area contributed by atoms with Crippen molar-refractivity contribution in [1.29, 1.82) is 0 Å². The lowest BCUT2D eigenvalue weighted by molar-refractivity contribution is -0.118. The van der Waals surface area contributed by atoms with Crippen molar-refractivity contribution in [2.24, 2.45) is 0 Å². The van der Waals surface area contributed by atoms with Gasteiger partial charge in [0.25, 0.3) is 5.91 Å². The zero-order valence-corrected chi connectivity index (χ0v) is 16.4. The molecule has 6 nitrogen and oxygen atoms in total. The third-order valence-corrected chi connectivity index (χ3v) is 4.54. The van der Waals surface area contributed by atoms with Crippen molar-refractivity contribution < 1.29 is 23.7 Å². The fourth-order valence-corrected chi connectivity index (χ4v) is 3.04. The van der Waals surface area contributed by atoms with Crippen LogP contribution in [-0.4, -0.2) is 38.9 Å². The van der Waals surface area contributed by atoms with Crippen molar-refractivity contribution >= 4 is 11.6 Å². The number of methoxy groups -OCH3 is 1. The first-order valence-corrected chi connectivity index (χ1v) is 9.56. The maximum Gasteiger partial charge on any atom is 0.262 e. The van der Waals surface area contributed by atoms with Gasteiger partial charge in [-0.15, -0.1) is 0 Å². The molecule has 0 saturated carbocycles. The number of anilines is 1. The monoisotopic (exact) mass is 385 g/mol. The number of rotatable bonds is 8. The smallest absolute Gasteiger partial charge is 0.262 e. The summed E-state index contributed by atoms with van der Waals surface area (Å²) in [7, 11) is 1.57. The zero-order valence-electron chi connectivity index (χ0n) is 16.4. The highest BCUT2D eigenvalue weighted by Gasteiger charge is 2.16. The maximum absolute atomic E-state index is 12.4. The predicted octanol–water partition coefficient (Wildman–Crippen LogP) is 3.97. The zero-order chi connectivity index (χ0) is 19.8. The lowest BCUT2D eigenvalue weighted by atomic mass is 10.1. The third kappa shape index (κ3) is 5.63. The van der Waals surface area contributed by atoms with Crippen LogP contribution >= 0.6 is 0 Å². The fraction of sp³-hybridized carbons (Fsp3) is 0.409. The summed E-state index contributed by atoms with van der Waals surface area (Å²) < 4.78 is 22.5. The molecule has 0 bridgehead atoms. The second-order valence-corrected chi connectivity index (χ2v) is 6.79. The van der Waals surface area contributed by atoms with Crippen LogP contribution in [-0.2, 0) is 9.53 Å². The van der Waals surface area contributed by atoms with Crippen LogP contribution in [0.1, 0.15) is 24.8 Å². The van der Waals surface area contributed by atoms with Gasteiger partial charge in [-0.05, 0) is 56.0 Å². The van der Waals surface area contributed by atoms with Crippen molar-refractivity contribution in [3.8, 4) is 17.2 Å². The van der Waals surface area contributed by atoms with E-state index in [1.165, 1.54) is 0 Å². The van der Waals surface area contributed by atoms with Gasteiger partial charge in [0.15, 0.2) is 18.1 Å². The quantitative estimate of drug-likeness (QED) is 0.745. The Hall–Kier alpha value is -2.73. The normalized spacial score (nSPS) is 16.3. The standard InChI is InChI=1S/C22H27NO5/c1-16-10-11-20(21(13-16)25-2)28-15-22(24)23-18-8-3-4-9-19(18)27-14-17-7-5-6-12-26-17/h3-4,8-11,13,17H,5-7,12,14-15H2,1-2H3,(H,23,24). The van der Waals surface area contributed by atoms with E-state index in [0.717, 1.165) is 31.4 Å². The van der Waals surface area contributed by atoms with Gasteiger partial charge in [-0.2, -0.15) is 0 Å². The van der Waals surface area contributed by atoms with E-state index in [1.54, 1.807) is 19.2 Å². The van der Waals surface area contributed by atoms with Crippen molar-refractivity contribution in [2.75, 3.05) is 32.2 Å². The van der Waals surface area contributed by atoms with Crippen LogP contribution in [0, 0.1) is 6.92 Å². The Kier molecular flexibility index (Phi) is 7.14. The Morgan fingerprint density at radius 2 is 1.96 bits per heavy atom. The van der Waals surface area contributed by atoms with E-state index in [1.807, 2.05) is 37.3 Å². The van der Waals surface area contributed by atoms with Gasteiger partial charge in [0, 0.05) is 6.61 Å². The lowest BCUT2D eigenvalue weighted by Gasteiger charge is -2.23. The molecule has 2 aromatic rings. The number of amides is 1. The Morgan fingerprint density at radius 3 is 2.75 bits per heavy atom. The van der Waals surface area contributed by atoms with E-state index in [-0.39, 0.29) is 18.6 Å². The molecule has 150 valence electrons. The lowest BCUT2D eigenvalue weighted by Crippen LogP contribution is -2.26. The molecule has 1 unspecified atom stereocenters. The summed E-state index contributed by atoms with van der Waals surface area (Å²) in [6, 6.07) is 12.9. The van der Waals surface area contributed by atoms with Crippen molar-refractivity contribution in [3.05, 3.63) is 48.0 Å². The van der Waals surface area contributed by atoms with Gasteiger partial charge in [0.05, 0.1) is 18.9 Å². The summed E-state index contributed by atoms with van der Waals surface area (Å²) in [5.41, 5.74) is 1.67. The number of nitrogens with one attached hydrogen (secondary N) is 1. The summed E-state index contributed by atoms with van der Waals surface area (Å²) in [6.45, 7) is 3.10. The van der Waals surface area contributed by atoms with Crippen LogP contribution in [0.5, 0.6) is 17.2 Å². The molecule has 1 N–H and O–H groups in total. The van der Waals surface area contributed by atoms with Crippen molar-refractivity contribution in [1.82, 2.24) is 0 Å². The first-order valence-electron chi connectivity index (χ1n) is 9.56. The second-order valence-electron chi connectivity index (χ2n) is 6.79. The summed E-state index contributed by atoms with van der Waals surface area (Å²) in [5.74, 6) is 1.48. The highest BCUT2D eigenvalue weighted by atomic mass is 16.5. The third-order valence-electron chi connectivity index (χ3n) is 4.54. The van der Waals surface area contributed by atoms with Gasteiger partial charge in [0.1, 0.15) is 12.4 Å². The Balaban J connectivity index is 1.55. The minimum absolute atomic E-state index is 0.106. The van der Waals surface area contributed by atoms with Crippen LogP contribution in [0.25, 0.3) is 0 Å². The van der Waals surface area contributed by atoms with Crippen LogP contribution < -0.4 is 19.5 Å². The number of aryl methyl sites for hydroxylation is 1. The van der Waals surface area contributed by atoms with Crippen LogP contribution in [0.15, 0.2) is 42.5 Å². The highest BCUT2D eigenvalue weighted by molar-refractivity contribution is 5.93. The first kappa shape index (κ1) is 20.0. The molecule has 1 heterocycles. The molecule has 0 aliphatic carbocycles. The molecule has 1 fully saturated rings. The van der Waals surface area contributed by atoms with E-state index >= 15 is 0 Å². The van der Waals surface area contributed by atoms with Crippen molar-refractivity contribution in [3.63, 3.8) is 0 Å². The molecule has 28 heavy (non-hydrogen) atoms. The average Bonchev–Trinajstić information content (AvgIpc) is 2.73. The molecule has 3 rings (SSSR count).